The summed E-state index contributed by atoms with van der Waals surface area (Å²) in [5.41, 5.74) is 10.2. The lowest BCUT2D eigenvalue weighted by Gasteiger charge is -2.06. The molecule has 4 nitrogen and oxygen atoms in total. The molecule has 1 unspecified atom stereocenters. The predicted octanol–water partition coefficient (Wildman–Crippen LogP) is 2.72. The smallest absolute Gasteiger partial charge is 0.258 e. The molecule has 18 heavy (non-hydrogen) atoms. The van der Waals surface area contributed by atoms with Crippen molar-refractivity contribution in [2.24, 2.45) is 5.73 Å². The highest BCUT2D eigenvalue weighted by Gasteiger charge is 2.16. The highest BCUT2D eigenvalue weighted by Crippen LogP contribution is 2.27. The Kier molecular flexibility index (Phi) is 3.48. The molecule has 2 aromatic rings. The van der Waals surface area contributed by atoms with Crippen LogP contribution in [-0.2, 0) is 0 Å². The van der Waals surface area contributed by atoms with Crippen LogP contribution in [0.25, 0.3) is 11.5 Å². The third kappa shape index (κ3) is 2.29. The molecule has 0 spiro atoms. The first kappa shape index (κ1) is 12.8. The second kappa shape index (κ2) is 4.90. The second-order valence-electron chi connectivity index (χ2n) is 4.87. The van der Waals surface area contributed by atoms with Gasteiger partial charge in [-0.15, -0.1) is 0 Å². The first-order chi connectivity index (χ1) is 8.52. The minimum Gasteiger partial charge on any atom is -0.334 e. The van der Waals surface area contributed by atoms with Crippen LogP contribution in [0.15, 0.2) is 16.7 Å². The molecular weight excluding hydrogens is 226 g/mol. The van der Waals surface area contributed by atoms with Gasteiger partial charge in [-0.3, -0.25) is 0 Å². The Balaban J connectivity index is 2.46. The Hall–Kier alpha value is -1.68. The zero-order valence-electron chi connectivity index (χ0n) is 11.3. The Labute approximate surface area is 107 Å². The van der Waals surface area contributed by atoms with Crippen molar-refractivity contribution in [1.82, 2.24) is 10.1 Å². The topological polar surface area (TPSA) is 64.9 Å². The van der Waals surface area contributed by atoms with Crippen molar-refractivity contribution < 1.29 is 4.52 Å². The number of aromatic nitrogens is 2. The van der Waals surface area contributed by atoms with E-state index < -0.39 is 0 Å². The van der Waals surface area contributed by atoms with Crippen LogP contribution in [0.5, 0.6) is 0 Å². The molecule has 0 aliphatic carbocycles. The van der Waals surface area contributed by atoms with Crippen molar-refractivity contribution in [3.8, 4) is 11.5 Å². The largest absolute Gasteiger partial charge is 0.334 e. The summed E-state index contributed by atoms with van der Waals surface area (Å²) in [6.45, 7) is 8.71. The molecule has 1 heterocycles. The first-order valence-corrected chi connectivity index (χ1v) is 6.14. The van der Waals surface area contributed by atoms with Crippen LogP contribution in [0.4, 0.5) is 0 Å². The fourth-order valence-electron chi connectivity index (χ4n) is 2.16. The number of rotatable bonds is 3. The minimum absolute atomic E-state index is 0.119. The summed E-state index contributed by atoms with van der Waals surface area (Å²) in [7, 11) is 0. The Morgan fingerprint density at radius 3 is 2.39 bits per heavy atom. The number of nitrogens with zero attached hydrogens (tertiary/aromatic N) is 2. The number of aryl methyl sites for hydroxylation is 3. The normalized spacial score (nSPS) is 12.7. The molecule has 1 aromatic heterocycles. The van der Waals surface area contributed by atoms with Gasteiger partial charge in [0, 0.05) is 18.0 Å². The maximum absolute atomic E-state index is 5.61. The summed E-state index contributed by atoms with van der Waals surface area (Å²) in [4.78, 5) is 4.44. The molecule has 96 valence electrons. The van der Waals surface area contributed by atoms with Crippen molar-refractivity contribution in [2.75, 3.05) is 6.54 Å². The van der Waals surface area contributed by atoms with Crippen LogP contribution in [0.3, 0.4) is 0 Å². The van der Waals surface area contributed by atoms with Crippen LogP contribution in [0, 0.1) is 20.8 Å². The summed E-state index contributed by atoms with van der Waals surface area (Å²) in [5.74, 6) is 1.38. The average Bonchev–Trinajstić information content (AvgIpc) is 2.76. The van der Waals surface area contributed by atoms with E-state index in [2.05, 4.69) is 43.0 Å². The van der Waals surface area contributed by atoms with Crippen LogP contribution in [-0.4, -0.2) is 16.7 Å². The number of benzene rings is 1. The van der Waals surface area contributed by atoms with Gasteiger partial charge in [0.05, 0.1) is 0 Å². The summed E-state index contributed by atoms with van der Waals surface area (Å²) >= 11 is 0. The molecule has 0 aliphatic heterocycles. The van der Waals surface area contributed by atoms with Gasteiger partial charge in [-0.25, -0.2) is 0 Å². The van der Waals surface area contributed by atoms with Gasteiger partial charge < -0.3 is 10.3 Å². The zero-order chi connectivity index (χ0) is 13.3. The van der Waals surface area contributed by atoms with E-state index in [1.165, 1.54) is 5.56 Å². The molecular formula is C14H19N3O. The Bertz CT molecular complexity index is 537. The van der Waals surface area contributed by atoms with Gasteiger partial charge >= 0.3 is 0 Å². The number of hydrogen-bond acceptors (Lipinski definition) is 4. The van der Waals surface area contributed by atoms with E-state index in [4.69, 9.17) is 10.3 Å². The molecule has 0 aliphatic rings. The maximum Gasteiger partial charge on any atom is 0.258 e. The van der Waals surface area contributed by atoms with Crippen LogP contribution in [0.2, 0.25) is 0 Å². The molecule has 1 atom stereocenters. The Morgan fingerprint density at radius 1 is 1.22 bits per heavy atom. The van der Waals surface area contributed by atoms with E-state index in [1.54, 1.807) is 0 Å². The molecule has 0 saturated carbocycles. The van der Waals surface area contributed by atoms with Crippen molar-refractivity contribution in [1.29, 1.82) is 0 Å². The molecule has 1 aromatic carbocycles. The van der Waals surface area contributed by atoms with E-state index in [1.807, 2.05) is 6.92 Å². The molecule has 0 fully saturated rings. The fourth-order valence-corrected chi connectivity index (χ4v) is 2.16. The second-order valence-corrected chi connectivity index (χ2v) is 4.87. The lowest BCUT2D eigenvalue weighted by molar-refractivity contribution is 0.417. The van der Waals surface area contributed by atoms with E-state index in [0.29, 0.717) is 18.3 Å². The average molecular weight is 245 g/mol. The van der Waals surface area contributed by atoms with Gasteiger partial charge in [-0.1, -0.05) is 29.8 Å². The van der Waals surface area contributed by atoms with E-state index in [-0.39, 0.29) is 5.92 Å². The SMILES string of the molecule is Cc1cc(C)c(-c2nc(C(C)CN)no2)c(C)c1. The van der Waals surface area contributed by atoms with Gasteiger partial charge in [0.25, 0.3) is 5.89 Å². The van der Waals surface area contributed by atoms with Crippen molar-refractivity contribution >= 4 is 0 Å². The van der Waals surface area contributed by atoms with Gasteiger partial charge in [0.2, 0.25) is 0 Å². The lowest BCUT2D eigenvalue weighted by Crippen LogP contribution is -2.10. The summed E-state index contributed by atoms with van der Waals surface area (Å²) in [6, 6.07) is 4.25. The third-order valence-corrected chi connectivity index (χ3v) is 3.13. The number of nitrogens with two attached hydrogens (primary N) is 1. The Morgan fingerprint density at radius 2 is 1.83 bits per heavy atom. The molecule has 2 N–H and O–H groups in total. The summed E-state index contributed by atoms with van der Waals surface area (Å²) in [6.07, 6.45) is 0. The summed E-state index contributed by atoms with van der Waals surface area (Å²) < 4.78 is 5.36. The van der Waals surface area contributed by atoms with Gasteiger partial charge in [0.1, 0.15) is 0 Å². The van der Waals surface area contributed by atoms with E-state index in [9.17, 15) is 0 Å². The molecule has 2 rings (SSSR count). The maximum atomic E-state index is 5.61. The van der Waals surface area contributed by atoms with Crippen LogP contribution < -0.4 is 5.73 Å². The lowest BCUT2D eigenvalue weighted by atomic mass is 10.00. The van der Waals surface area contributed by atoms with E-state index in [0.717, 1.165) is 16.7 Å². The predicted molar refractivity (Wildman–Crippen MR) is 71.4 cm³/mol. The van der Waals surface area contributed by atoms with Crippen molar-refractivity contribution in [3.05, 3.63) is 34.6 Å². The molecule has 0 bridgehead atoms. The highest BCUT2D eigenvalue weighted by atomic mass is 16.5. The van der Waals surface area contributed by atoms with Crippen molar-refractivity contribution in [2.45, 2.75) is 33.6 Å². The molecule has 0 amide bonds. The van der Waals surface area contributed by atoms with E-state index >= 15 is 0 Å². The standard InChI is InChI=1S/C14H19N3O/c1-8-5-9(2)12(10(3)6-8)14-16-13(17-18-14)11(4)7-15/h5-6,11H,7,15H2,1-4H3. The monoisotopic (exact) mass is 245 g/mol. The number of hydrogen-bond donors (Lipinski definition) is 1. The van der Waals surface area contributed by atoms with Crippen LogP contribution >= 0.6 is 0 Å². The molecule has 4 heteroatoms. The van der Waals surface area contributed by atoms with Crippen molar-refractivity contribution in [3.63, 3.8) is 0 Å². The fraction of sp³-hybridized carbons (Fsp3) is 0.429. The minimum atomic E-state index is 0.119. The van der Waals surface area contributed by atoms with Gasteiger partial charge in [0.15, 0.2) is 5.82 Å². The van der Waals surface area contributed by atoms with Crippen LogP contribution in [0.1, 0.15) is 35.4 Å². The first-order valence-electron chi connectivity index (χ1n) is 6.14. The molecule has 0 radical (unpaired) electrons. The zero-order valence-corrected chi connectivity index (χ0v) is 11.3. The van der Waals surface area contributed by atoms with Gasteiger partial charge in [-0.2, -0.15) is 4.98 Å². The molecule has 0 saturated heterocycles. The quantitative estimate of drug-likeness (QED) is 0.903. The third-order valence-electron chi connectivity index (χ3n) is 3.13. The summed E-state index contributed by atoms with van der Waals surface area (Å²) in [5, 5.41) is 4.00. The van der Waals surface area contributed by atoms with Gasteiger partial charge in [-0.05, 0) is 31.9 Å². The highest BCUT2D eigenvalue weighted by molar-refractivity contribution is 5.63.